The summed E-state index contributed by atoms with van der Waals surface area (Å²) >= 11 is 0. The van der Waals surface area contributed by atoms with Crippen molar-refractivity contribution in [1.82, 2.24) is 0 Å². The van der Waals surface area contributed by atoms with E-state index in [1.165, 1.54) is 18.2 Å². The van der Waals surface area contributed by atoms with Crippen LogP contribution in [0.4, 0.5) is 13.2 Å². The highest BCUT2D eigenvalue weighted by atomic mass is 19.4. The third-order valence-corrected chi connectivity index (χ3v) is 5.01. The molecule has 0 bridgehead atoms. The summed E-state index contributed by atoms with van der Waals surface area (Å²) in [4.78, 5) is 8.96. The molecule has 0 saturated carbocycles. The zero-order valence-electron chi connectivity index (χ0n) is 16.5. The number of aliphatic imine (C=N–C) groups is 2. The summed E-state index contributed by atoms with van der Waals surface area (Å²) in [6.07, 6.45) is 6.15. The van der Waals surface area contributed by atoms with Crippen molar-refractivity contribution in [3.8, 4) is 17.2 Å². The highest BCUT2D eigenvalue weighted by molar-refractivity contribution is 6.01. The molecule has 1 atom stereocenters. The number of nitrogens with zero attached hydrogens (tertiary/aromatic N) is 3. The van der Waals surface area contributed by atoms with E-state index in [9.17, 15) is 13.2 Å². The van der Waals surface area contributed by atoms with Gasteiger partial charge in [0.1, 0.15) is 29.1 Å². The van der Waals surface area contributed by atoms with Gasteiger partial charge >= 0.3 is 6.36 Å². The molecular formula is C23H16F3N4O2+. The molecule has 0 spiro atoms. The number of allylic oxidation sites excluding steroid dienone is 4. The molecule has 6 nitrogen and oxygen atoms in total. The zero-order chi connectivity index (χ0) is 22.3. The number of quaternary nitrogens is 1. The van der Waals surface area contributed by atoms with Gasteiger partial charge in [0.05, 0.1) is 18.0 Å². The van der Waals surface area contributed by atoms with Crippen LogP contribution in [0.1, 0.15) is 5.56 Å². The second-order valence-corrected chi connectivity index (χ2v) is 7.15. The highest BCUT2D eigenvalue weighted by Gasteiger charge is 2.44. The van der Waals surface area contributed by atoms with Crippen LogP contribution >= 0.6 is 0 Å². The van der Waals surface area contributed by atoms with Crippen molar-refractivity contribution in [3.05, 3.63) is 102 Å². The Balaban J connectivity index is 1.38. The molecular weight excluding hydrogens is 421 g/mol. The summed E-state index contributed by atoms with van der Waals surface area (Å²) in [7, 11) is 0. The molecule has 0 radical (unpaired) electrons. The molecule has 0 amide bonds. The topological polar surface area (TPSA) is 69.2 Å². The van der Waals surface area contributed by atoms with E-state index in [2.05, 4.69) is 9.73 Å². The Kier molecular flexibility index (Phi) is 4.58. The summed E-state index contributed by atoms with van der Waals surface area (Å²) in [5, 5.41) is 0. The van der Waals surface area contributed by atoms with Gasteiger partial charge in [0, 0.05) is 11.6 Å². The van der Waals surface area contributed by atoms with Crippen LogP contribution in [0.5, 0.6) is 17.2 Å². The fourth-order valence-corrected chi connectivity index (χ4v) is 3.48. The molecule has 0 aromatic heterocycles. The van der Waals surface area contributed by atoms with Crippen LogP contribution < -0.4 is 15.3 Å². The Labute approximate surface area is 181 Å². The van der Waals surface area contributed by atoms with E-state index in [0.29, 0.717) is 11.6 Å². The lowest BCUT2D eigenvalue weighted by atomic mass is 10.0. The van der Waals surface area contributed by atoms with Gasteiger partial charge in [0.15, 0.2) is 0 Å². The number of halogens is 3. The molecule has 160 valence electrons. The molecule has 5 rings (SSSR count). The van der Waals surface area contributed by atoms with Crippen molar-refractivity contribution in [1.29, 1.82) is 0 Å². The van der Waals surface area contributed by atoms with Gasteiger partial charge in [-0.1, -0.05) is 24.3 Å². The number of hydrogen-bond donors (Lipinski definition) is 1. The van der Waals surface area contributed by atoms with Gasteiger partial charge in [0.25, 0.3) is 5.84 Å². The van der Waals surface area contributed by atoms with Crippen molar-refractivity contribution < 1.29 is 27.2 Å². The number of rotatable bonds is 5. The molecule has 1 unspecified atom stereocenters. The highest BCUT2D eigenvalue weighted by Crippen LogP contribution is 2.36. The summed E-state index contributed by atoms with van der Waals surface area (Å²) in [5.74, 6) is 7.57. The van der Waals surface area contributed by atoms with Crippen LogP contribution in [0.3, 0.4) is 0 Å². The number of amidine groups is 1. The maximum absolute atomic E-state index is 12.4. The summed E-state index contributed by atoms with van der Waals surface area (Å²) in [6, 6.07) is 12.3. The van der Waals surface area contributed by atoms with Crippen LogP contribution in [0.15, 0.2) is 106 Å². The normalized spacial score (nSPS) is 21.1. The minimum Gasteiger partial charge on any atom is -0.457 e. The molecule has 2 aromatic carbocycles. The quantitative estimate of drug-likeness (QED) is 0.523. The predicted molar refractivity (Wildman–Crippen MR) is 113 cm³/mol. The largest absolute Gasteiger partial charge is 0.573 e. The van der Waals surface area contributed by atoms with Gasteiger partial charge in [-0.25, -0.2) is 0 Å². The monoisotopic (exact) mass is 437 g/mol. The second-order valence-electron chi connectivity index (χ2n) is 7.15. The average Bonchev–Trinajstić information content (AvgIpc) is 2.99. The van der Waals surface area contributed by atoms with Crippen molar-refractivity contribution in [2.24, 2.45) is 15.8 Å². The van der Waals surface area contributed by atoms with Gasteiger partial charge in [-0.05, 0) is 36.4 Å². The molecule has 2 heterocycles. The van der Waals surface area contributed by atoms with Crippen molar-refractivity contribution in [2.75, 3.05) is 0 Å². The molecule has 2 aromatic rings. The number of ether oxygens (including phenoxy) is 2. The number of benzene rings is 2. The predicted octanol–water partition coefficient (Wildman–Crippen LogP) is 5.09. The number of hydrogen-bond acceptors (Lipinski definition) is 5. The van der Waals surface area contributed by atoms with Crippen LogP contribution in [0, 0.1) is 0 Å². The maximum atomic E-state index is 12.4. The first-order valence-corrected chi connectivity index (χ1v) is 9.57. The van der Waals surface area contributed by atoms with Crippen LogP contribution in [0.2, 0.25) is 0 Å². The number of fused-ring (bicyclic) bond motifs is 1. The van der Waals surface area contributed by atoms with E-state index in [-0.39, 0.29) is 16.1 Å². The molecule has 32 heavy (non-hydrogen) atoms. The average molecular weight is 437 g/mol. The third-order valence-electron chi connectivity index (χ3n) is 5.01. The van der Waals surface area contributed by atoms with Gasteiger partial charge in [-0.2, -0.15) is 10.8 Å². The zero-order valence-corrected chi connectivity index (χ0v) is 16.5. The number of nitrogens with two attached hydrogens (primary N) is 1. The molecule has 2 N–H and O–H groups in total. The minimum atomic E-state index is -4.77. The molecule has 1 aliphatic carbocycles. The van der Waals surface area contributed by atoms with Crippen LogP contribution in [-0.4, -0.2) is 23.0 Å². The van der Waals surface area contributed by atoms with Crippen LogP contribution in [0.25, 0.3) is 0 Å². The lowest BCUT2D eigenvalue weighted by molar-refractivity contribution is -0.750. The summed E-state index contributed by atoms with van der Waals surface area (Å²) in [6.45, 7) is 0. The van der Waals surface area contributed by atoms with E-state index < -0.39 is 6.36 Å². The molecule has 2 aliphatic heterocycles. The lowest BCUT2D eigenvalue weighted by Gasteiger charge is -2.26. The summed E-state index contributed by atoms with van der Waals surface area (Å²) < 4.78 is 46.8. The van der Waals surface area contributed by atoms with Gasteiger partial charge in [-0.3, -0.25) is 4.99 Å². The lowest BCUT2D eigenvalue weighted by Crippen LogP contribution is -2.53. The van der Waals surface area contributed by atoms with Crippen molar-refractivity contribution in [3.63, 3.8) is 0 Å². The smallest absolute Gasteiger partial charge is 0.457 e. The standard InChI is InChI=1S/C23H16F3N4O2/c24-23(25,26)32-19-6-2-5-18(13-19)31-17-9-7-16(8-10-17)22-29-21(15-3-1-4-15)20-14-28-11-12-30(20,22)27/h1-14H,27H2/q+1. The van der Waals surface area contributed by atoms with E-state index in [0.717, 1.165) is 22.5 Å². The maximum Gasteiger partial charge on any atom is 0.573 e. The fraction of sp³-hybridized carbons (Fsp3) is 0.0435. The molecule has 9 heteroatoms. The molecule has 3 aliphatic rings. The Hall–Kier alpha value is -3.95. The van der Waals surface area contributed by atoms with E-state index >= 15 is 0 Å². The third kappa shape index (κ3) is 3.64. The van der Waals surface area contributed by atoms with E-state index in [4.69, 9.17) is 15.6 Å². The molecule has 0 fully saturated rings. The van der Waals surface area contributed by atoms with Crippen molar-refractivity contribution >= 4 is 12.1 Å². The Bertz CT molecular complexity index is 1270. The first kappa shape index (κ1) is 20.0. The minimum absolute atomic E-state index is 0.110. The first-order chi connectivity index (χ1) is 15.3. The molecule has 0 saturated heterocycles. The summed E-state index contributed by atoms with van der Waals surface area (Å²) in [5.41, 5.74) is 3.27. The Morgan fingerprint density at radius 2 is 1.72 bits per heavy atom. The fourth-order valence-electron chi connectivity index (χ4n) is 3.48. The first-order valence-electron chi connectivity index (χ1n) is 9.57. The van der Waals surface area contributed by atoms with Gasteiger partial charge in [-0.15, -0.1) is 17.8 Å². The van der Waals surface area contributed by atoms with Gasteiger partial charge < -0.3 is 9.47 Å². The van der Waals surface area contributed by atoms with E-state index in [1.807, 2.05) is 18.2 Å². The SMILES string of the molecule is N[N+]12C=CN=CC1=C(C1=CC=C1)N=C2c1ccc(Oc2cccc(OC(F)(F)F)c2)cc1. The second kappa shape index (κ2) is 7.33. The van der Waals surface area contributed by atoms with Crippen LogP contribution in [-0.2, 0) is 0 Å². The Morgan fingerprint density at radius 1 is 0.969 bits per heavy atom. The van der Waals surface area contributed by atoms with E-state index in [1.54, 1.807) is 48.9 Å². The van der Waals surface area contributed by atoms with Crippen molar-refractivity contribution in [2.45, 2.75) is 6.36 Å². The van der Waals surface area contributed by atoms with Gasteiger partial charge in [0.2, 0.25) is 5.70 Å². The Morgan fingerprint density at radius 3 is 2.41 bits per heavy atom. The number of alkyl halides is 3.